The highest BCUT2D eigenvalue weighted by Crippen LogP contribution is 2.19. The number of rotatable bonds is 1. The van der Waals surface area contributed by atoms with Gasteiger partial charge < -0.3 is 4.74 Å². The summed E-state index contributed by atoms with van der Waals surface area (Å²) >= 11 is 0. The highest BCUT2D eigenvalue weighted by molar-refractivity contribution is 4.83. The molecular formula is C16H30O. The molecule has 0 aromatic carbocycles. The monoisotopic (exact) mass is 238 g/mol. The Kier molecular flexibility index (Phi) is 8.21. The highest BCUT2D eigenvalue weighted by atomic mass is 16.5. The maximum absolute atomic E-state index is 5.95. The van der Waals surface area contributed by atoms with Crippen LogP contribution in [0.15, 0.2) is 12.3 Å². The molecule has 0 radical (unpaired) electrons. The minimum atomic E-state index is 0.422. The summed E-state index contributed by atoms with van der Waals surface area (Å²) in [7, 11) is 0. The summed E-state index contributed by atoms with van der Waals surface area (Å²) in [5, 5.41) is 0. The molecule has 1 heterocycles. The molecule has 1 unspecified atom stereocenters. The number of allylic oxidation sites excluding steroid dienone is 1. The van der Waals surface area contributed by atoms with Gasteiger partial charge in [0.2, 0.25) is 0 Å². The van der Waals surface area contributed by atoms with Crippen LogP contribution in [0.25, 0.3) is 0 Å². The van der Waals surface area contributed by atoms with Crippen LogP contribution in [0, 0.1) is 0 Å². The van der Waals surface area contributed by atoms with Gasteiger partial charge in [0.25, 0.3) is 0 Å². The molecule has 0 aromatic heterocycles. The standard InChI is InChI=1S/C16H30O/c1-3-16-14-12-10-8-6-4-5-7-9-11-13-15(2)17-16/h16H,2-14H2,1H3. The normalized spacial score (nSPS) is 25.9. The van der Waals surface area contributed by atoms with E-state index in [1.54, 1.807) is 0 Å². The van der Waals surface area contributed by atoms with Crippen molar-refractivity contribution in [2.75, 3.05) is 0 Å². The van der Waals surface area contributed by atoms with Crippen molar-refractivity contribution in [1.82, 2.24) is 0 Å². The lowest BCUT2D eigenvalue weighted by Crippen LogP contribution is -2.11. The minimum absolute atomic E-state index is 0.422. The molecule has 17 heavy (non-hydrogen) atoms. The third-order valence-electron chi connectivity index (χ3n) is 3.77. The van der Waals surface area contributed by atoms with E-state index in [0.717, 1.165) is 18.6 Å². The molecule has 1 aliphatic rings. The Balaban J connectivity index is 2.30. The van der Waals surface area contributed by atoms with Gasteiger partial charge in [-0.2, -0.15) is 0 Å². The summed E-state index contributed by atoms with van der Waals surface area (Å²) in [5.74, 6) is 1.02. The van der Waals surface area contributed by atoms with Crippen LogP contribution >= 0.6 is 0 Å². The largest absolute Gasteiger partial charge is 0.495 e. The Hall–Kier alpha value is -0.460. The molecule has 0 saturated carbocycles. The molecule has 1 rings (SSSR count). The van der Waals surface area contributed by atoms with E-state index >= 15 is 0 Å². The molecule has 1 nitrogen and oxygen atoms in total. The van der Waals surface area contributed by atoms with Crippen LogP contribution < -0.4 is 0 Å². The fourth-order valence-electron chi connectivity index (χ4n) is 2.57. The maximum Gasteiger partial charge on any atom is 0.0979 e. The average molecular weight is 238 g/mol. The van der Waals surface area contributed by atoms with Gasteiger partial charge in [0, 0.05) is 6.42 Å². The summed E-state index contributed by atoms with van der Waals surface area (Å²) in [6.45, 7) is 6.28. The maximum atomic E-state index is 5.95. The van der Waals surface area contributed by atoms with Crippen molar-refractivity contribution in [3.63, 3.8) is 0 Å². The van der Waals surface area contributed by atoms with Crippen molar-refractivity contribution in [1.29, 1.82) is 0 Å². The van der Waals surface area contributed by atoms with Gasteiger partial charge >= 0.3 is 0 Å². The third-order valence-corrected chi connectivity index (χ3v) is 3.77. The number of hydrogen-bond donors (Lipinski definition) is 0. The predicted octanol–water partition coefficient (Wildman–Crippen LogP) is 5.60. The second-order valence-corrected chi connectivity index (χ2v) is 5.41. The molecule has 0 spiro atoms. The lowest BCUT2D eigenvalue weighted by atomic mass is 10.0. The van der Waals surface area contributed by atoms with E-state index in [1.807, 2.05) is 0 Å². The molecule has 1 atom stereocenters. The summed E-state index contributed by atoms with van der Waals surface area (Å²) in [5.41, 5.74) is 0. The van der Waals surface area contributed by atoms with Crippen molar-refractivity contribution >= 4 is 0 Å². The fourth-order valence-corrected chi connectivity index (χ4v) is 2.57. The van der Waals surface area contributed by atoms with Crippen molar-refractivity contribution in [2.45, 2.75) is 90.1 Å². The van der Waals surface area contributed by atoms with Crippen molar-refractivity contribution in [3.05, 3.63) is 12.3 Å². The Morgan fingerprint density at radius 1 is 0.941 bits per heavy atom. The highest BCUT2D eigenvalue weighted by Gasteiger charge is 2.09. The zero-order valence-corrected chi connectivity index (χ0v) is 11.7. The van der Waals surface area contributed by atoms with Crippen LogP contribution in [-0.2, 0) is 4.74 Å². The van der Waals surface area contributed by atoms with Gasteiger partial charge in [0.1, 0.15) is 0 Å². The summed E-state index contributed by atoms with van der Waals surface area (Å²) in [4.78, 5) is 0. The second-order valence-electron chi connectivity index (χ2n) is 5.41. The molecule has 1 saturated heterocycles. The molecule has 0 aromatic rings. The van der Waals surface area contributed by atoms with Crippen LogP contribution in [0.5, 0.6) is 0 Å². The van der Waals surface area contributed by atoms with Crippen LogP contribution in [-0.4, -0.2) is 6.10 Å². The molecule has 0 amide bonds. The molecule has 0 N–H and O–H groups in total. The van der Waals surface area contributed by atoms with E-state index in [-0.39, 0.29) is 0 Å². The summed E-state index contributed by atoms with van der Waals surface area (Å²) < 4.78 is 5.95. The van der Waals surface area contributed by atoms with Gasteiger partial charge in [-0.15, -0.1) is 0 Å². The lowest BCUT2D eigenvalue weighted by Gasteiger charge is -2.19. The quantitative estimate of drug-likeness (QED) is 0.577. The van der Waals surface area contributed by atoms with Gasteiger partial charge in [-0.25, -0.2) is 0 Å². The first-order chi connectivity index (χ1) is 8.33. The first-order valence-corrected chi connectivity index (χ1v) is 7.67. The van der Waals surface area contributed by atoms with Gasteiger partial charge in [0.15, 0.2) is 0 Å². The van der Waals surface area contributed by atoms with Gasteiger partial charge in [0.05, 0.1) is 11.9 Å². The lowest BCUT2D eigenvalue weighted by molar-refractivity contribution is 0.0958. The third kappa shape index (κ3) is 7.46. The van der Waals surface area contributed by atoms with E-state index in [9.17, 15) is 0 Å². The van der Waals surface area contributed by atoms with Gasteiger partial charge in [-0.1, -0.05) is 58.4 Å². The molecule has 0 aliphatic carbocycles. The molecule has 0 bridgehead atoms. The van der Waals surface area contributed by atoms with E-state index in [0.29, 0.717) is 6.10 Å². The van der Waals surface area contributed by atoms with Crippen molar-refractivity contribution < 1.29 is 4.74 Å². The average Bonchev–Trinajstić information content (AvgIpc) is 2.33. The van der Waals surface area contributed by atoms with Crippen LogP contribution in [0.2, 0.25) is 0 Å². The zero-order valence-electron chi connectivity index (χ0n) is 11.7. The van der Waals surface area contributed by atoms with E-state index in [2.05, 4.69) is 13.5 Å². The topological polar surface area (TPSA) is 9.23 Å². The van der Waals surface area contributed by atoms with Crippen LogP contribution in [0.1, 0.15) is 84.0 Å². The van der Waals surface area contributed by atoms with Crippen molar-refractivity contribution in [3.8, 4) is 0 Å². The Labute approximate surface area is 108 Å². The van der Waals surface area contributed by atoms with Crippen molar-refractivity contribution in [2.24, 2.45) is 0 Å². The molecule has 1 fully saturated rings. The predicted molar refractivity (Wildman–Crippen MR) is 75.1 cm³/mol. The second kappa shape index (κ2) is 9.56. The number of ether oxygens (including phenoxy) is 1. The minimum Gasteiger partial charge on any atom is -0.495 e. The van der Waals surface area contributed by atoms with E-state index in [1.165, 1.54) is 64.2 Å². The molecule has 1 heteroatoms. The Morgan fingerprint density at radius 3 is 2.06 bits per heavy atom. The number of hydrogen-bond acceptors (Lipinski definition) is 1. The Bertz CT molecular complexity index is 198. The smallest absolute Gasteiger partial charge is 0.0979 e. The summed E-state index contributed by atoms with van der Waals surface area (Å²) in [6.07, 6.45) is 16.2. The van der Waals surface area contributed by atoms with E-state index < -0.39 is 0 Å². The zero-order chi connectivity index (χ0) is 12.3. The Morgan fingerprint density at radius 2 is 1.47 bits per heavy atom. The van der Waals surface area contributed by atoms with Crippen LogP contribution in [0.3, 0.4) is 0 Å². The first kappa shape index (κ1) is 14.6. The molecule has 1 aliphatic heterocycles. The molecular weight excluding hydrogens is 208 g/mol. The van der Waals surface area contributed by atoms with Gasteiger partial charge in [-0.3, -0.25) is 0 Å². The SMILES string of the molecule is C=C1CCCCCCCCCCCC(CC)O1. The fraction of sp³-hybridized carbons (Fsp3) is 0.875. The van der Waals surface area contributed by atoms with Gasteiger partial charge in [-0.05, 0) is 25.7 Å². The van der Waals surface area contributed by atoms with Crippen LogP contribution in [0.4, 0.5) is 0 Å². The molecule has 100 valence electrons. The summed E-state index contributed by atoms with van der Waals surface area (Å²) in [6, 6.07) is 0. The first-order valence-electron chi connectivity index (χ1n) is 7.67. The van der Waals surface area contributed by atoms with E-state index in [4.69, 9.17) is 4.74 Å².